The van der Waals surface area contributed by atoms with E-state index >= 15 is 0 Å². The summed E-state index contributed by atoms with van der Waals surface area (Å²) in [4.78, 5) is 8.11. The first-order valence-corrected chi connectivity index (χ1v) is 3.43. The highest BCUT2D eigenvalue weighted by molar-refractivity contribution is 5.26. The Morgan fingerprint density at radius 3 is 2.80 bits per heavy atom. The summed E-state index contributed by atoms with van der Waals surface area (Å²) in [6, 6.07) is 0. The summed E-state index contributed by atoms with van der Waals surface area (Å²) >= 11 is 0. The van der Waals surface area contributed by atoms with Gasteiger partial charge in [0.1, 0.15) is 5.82 Å². The molecule has 1 aromatic rings. The molecule has 1 aliphatic rings. The van der Waals surface area contributed by atoms with Crippen molar-refractivity contribution in [2.45, 2.75) is 18.8 Å². The van der Waals surface area contributed by atoms with E-state index in [1.54, 1.807) is 12.4 Å². The van der Waals surface area contributed by atoms with Crippen LogP contribution in [0.3, 0.4) is 0 Å². The molecule has 0 radical (unpaired) electrons. The van der Waals surface area contributed by atoms with E-state index in [1.165, 1.54) is 12.8 Å². The summed E-state index contributed by atoms with van der Waals surface area (Å²) in [7, 11) is 0. The van der Waals surface area contributed by atoms with Gasteiger partial charge in [-0.1, -0.05) is 0 Å². The highest BCUT2D eigenvalue weighted by Gasteiger charge is 2.25. The van der Waals surface area contributed by atoms with Crippen LogP contribution >= 0.6 is 0 Å². The van der Waals surface area contributed by atoms with E-state index in [4.69, 9.17) is 5.73 Å². The van der Waals surface area contributed by atoms with Crippen LogP contribution in [0.1, 0.15) is 24.5 Å². The maximum absolute atomic E-state index is 5.45. The van der Waals surface area contributed by atoms with Crippen LogP contribution in [0.2, 0.25) is 0 Å². The van der Waals surface area contributed by atoms with Crippen LogP contribution in [0.15, 0.2) is 12.4 Å². The van der Waals surface area contributed by atoms with Crippen molar-refractivity contribution in [2.24, 2.45) is 0 Å². The number of hydrogen-bond donors (Lipinski definition) is 1. The Labute approximate surface area is 59.3 Å². The predicted molar refractivity (Wildman–Crippen MR) is 38.4 cm³/mol. The number of rotatable bonds is 1. The van der Waals surface area contributed by atoms with E-state index in [9.17, 15) is 0 Å². The van der Waals surface area contributed by atoms with Crippen LogP contribution in [-0.2, 0) is 0 Å². The Hall–Kier alpha value is -1.12. The fourth-order valence-electron chi connectivity index (χ4n) is 0.973. The fourth-order valence-corrected chi connectivity index (χ4v) is 0.973. The Morgan fingerprint density at radius 2 is 2.20 bits per heavy atom. The normalized spacial score (nSPS) is 17.2. The monoisotopic (exact) mass is 135 g/mol. The van der Waals surface area contributed by atoms with E-state index in [1.807, 2.05) is 0 Å². The van der Waals surface area contributed by atoms with Gasteiger partial charge < -0.3 is 5.73 Å². The molecule has 0 spiro atoms. The van der Waals surface area contributed by atoms with Gasteiger partial charge in [0.2, 0.25) is 0 Å². The fraction of sp³-hybridized carbons (Fsp3) is 0.429. The lowest BCUT2D eigenvalue weighted by atomic mass is 10.3. The molecule has 0 aromatic carbocycles. The molecule has 1 fully saturated rings. The molecule has 1 aromatic heterocycles. The summed E-state index contributed by atoms with van der Waals surface area (Å²) in [6.45, 7) is 0. The molecule has 3 heteroatoms. The van der Waals surface area contributed by atoms with E-state index in [0.29, 0.717) is 11.7 Å². The van der Waals surface area contributed by atoms with Crippen molar-refractivity contribution in [1.29, 1.82) is 0 Å². The second-order valence-electron chi connectivity index (χ2n) is 2.64. The molecular weight excluding hydrogens is 126 g/mol. The number of nitrogen functional groups attached to an aromatic ring is 1. The van der Waals surface area contributed by atoms with Crippen LogP contribution in [0.5, 0.6) is 0 Å². The first kappa shape index (κ1) is 5.65. The topological polar surface area (TPSA) is 51.8 Å². The van der Waals surface area contributed by atoms with Crippen LogP contribution < -0.4 is 5.73 Å². The maximum atomic E-state index is 5.45. The van der Waals surface area contributed by atoms with Gasteiger partial charge in [0.05, 0.1) is 11.9 Å². The molecule has 1 aliphatic carbocycles. The average Bonchev–Trinajstić information content (AvgIpc) is 2.68. The van der Waals surface area contributed by atoms with Crippen molar-refractivity contribution in [1.82, 2.24) is 9.97 Å². The molecule has 0 saturated heterocycles. The zero-order valence-corrected chi connectivity index (χ0v) is 5.62. The van der Waals surface area contributed by atoms with Crippen molar-refractivity contribution in [3.63, 3.8) is 0 Å². The Kier molecular flexibility index (Phi) is 1.09. The second-order valence-corrected chi connectivity index (χ2v) is 2.64. The van der Waals surface area contributed by atoms with Crippen LogP contribution in [0, 0.1) is 0 Å². The minimum atomic E-state index is 0.532. The van der Waals surface area contributed by atoms with Crippen molar-refractivity contribution >= 4 is 5.82 Å². The van der Waals surface area contributed by atoms with Gasteiger partial charge in [-0.05, 0) is 12.8 Å². The quantitative estimate of drug-likeness (QED) is 0.623. The highest BCUT2D eigenvalue weighted by Crippen LogP contribution is 2.38. The van der Waals surface area contributed by atoms with Gasteiger partial charge in [0, 0.05) is 12.1 Å². The van der Waals surface area contributed by atoms with Gasteiger partial charge in [-0.3, -0.25) is 4.98 Å². The zero-order valence-electron chi connectivity index (χ0n) is 5.62. The summed E-state index contributed by atoms with van der Waals surface area (Å²) in [5, 5.41) is 0. The Balaban J connectivity index is 2.32. The first-order chi connectivity index (χ1) is 4.86. The molecule has 0 atom stereocenters. The first-order valence-electron chi connectivity index (χ1n) is 3.43. The SMILES string of the molecule is Nc1cncc(C2CC2)n1. The van der Waals surface area contributed by atoms with Crippen molar-refractivity contribution in [3.8, 4) is 0 Å². The molecule has 2 rings (SSSR count). The Morgan fingerprint density at radius 1 is 1.40 bits per heavy atom. The third-order valence-electron chi connectivity index (χ3n) is 1.67. The van der Waals surface area contributed by atoms with Gasteiger partial charge in [0.15, 0.2) is 0 Å². The second kappa shape index (κ2) is 1.94. The number of nitrogens with zero attached hydrogens (tertiary/aromatic N) is 2. The molecule has 0 unspecified atom stereocenters. The van der Waals surface area contributed by atoms with Crippen LogP contribution in [-0.4, -0.2) is 9.97 Å². The van der Waals surface area contributed by atoms with Crippen LogP contribution in [0.4, 0.5) is 5.82 Å². The number of hydrogen-bond acceptors (Lipinski definition) is 3. The molecule has 1 heterocycles. The number of nitrogens with two attached hydrogens (primary N) is 1. The lowest BCUT2D eigenvalue weighted by molar-refractivity contribution is 0.995. The van der Waals surface area contributed by atoms with Gasteiger partial charge in [-0.15, -0.1) is 0 Å². The standard InChI is InChI=1S/C7H9N3/c8-7-4-9-3-6(10-7)5-1-2-5/h3-5H,1-2H2,(H2,8,10). The third kappa shape index (κ3) is 0.943. The minimum Gasteiger partial charge on any atom is -0.382 e. The number of aromatic nitrogens is 2. The van der Waals surface area contributed by atoms with E-state index < -0.39 is 0 Å². The van der Waals surface area contributed by atoms with Gasteiger partial charge >= 0.3 is 0 Å². The molecule has 1 saturated carbocycles. The average molecular weight is 135 g/mol. The largest absolute Gasteiger partial charge is 0.382 e. The van der Waals surface area contributed by atoms with E-state index in [2.05, 4.69) is 9.97 Å². The summed E-state index contributed by atoms with van der Waals surface area (Å²) in [5.74, 6) is 1.18. The van der Waals surface area contributed by atoms with Gasteiger partial charge in [0.25, 0.3) is 0 Å². The summed E-state index contributed by atoms with van der Waals surface area (Å²) in [5.41, 5.74) is 6.51. The molecule has 2 N–H and O–H groups in total. The molecule has 52 valence electrons. The van der Waals surface area contributed by atoms with Crippen molar-refractivity contribution in [2.75, 3.05) is 5.73 Å². The minimum absolute atomic E-state index is 0.532. The Bertz CT molecular complexity index is 242. The molecule has 0 aliphatic heterocycles. The highest BCUT2D eigenvalue weighted by atomic mass is 14.9. The van der Waals surface area contributed by atoms with Crippen molar-refractivity contribution in [3.05, 3.63) is 18.1 Å². The van der Waals surface area contributed by atoms with Gasteiger partial charge in [-0.2, -0.15) is 0 Å². The summed E-state index contributed by atoms with van der Waals surface area (Å²) < 4.78 is 0. The zero-order chi connectivity index (χ0) is 6.97. The smallest absolute Gasteiger partial charge is 0.142 e. The number of anilines is 1. The maximum Gasteiger partial charge on any atom is 0.142 e. The van der Waals surface area contributed by atoms with Gasteiger partial charge in [-0.25, -0.2) is 4.98 Å². The molecule has 0 amide bonds. The summed E-state index contributed by atoms with van der Waals surface area (Å²) in [6.07, 6.45) is 5.87. The predicted octanol–water partition coefficient (Wildman–Crippen LogP) is 0.936. The molecular formula is C7H9N3. The molecule has 10 heavy (non-hydrogen) atoms. The van der Waals surface area contributed by atoms with Crippen molar-refractivity contribution < 1.29 is 0 Å². The lowest BCUT2D eigenvalue weighted by Crippen LogP contribution is -1.94. The molecule has 3 nitrogen and oxygen atoms in total. The van der Waals surface area contributed by atoms with E-state index in [-0.39, 0.29) is 0 Å². The lowest BCUT2D eigenvalue weighted by Gasteiger charge is -1.95. The molecule has 0 bridgehead atoms. The third-order valence-corrected chi connectivity index (χ3v) is 1.67. The van der Waals surface area contributed by atoms with Crippen LogP contribution in [0.25, 0.3) is 0 Å². The van der Waals surface area contributed by atoms with E-state index in [0.717, 1.165) is 5.69 Å².